The summed E-state index contributed by atoms with van der Waals surface area (Å²) in [5.41, 5.74) is 2.43. The highest BCUT2D eigenvalue weighted by atomic mass is 32.2. The van der Waals surface area contributed by atoms with Crippen molar-refractivity contribution in [1.29, 1.82) is 5.26 Å². The number of pyridine rings is 1. The van der Waals surface area contributed by atoms with E-state index in [0.29, 0.717) is 34.3 Å². The van der Waals surface area contributed by atoms with Crippen LogP contribution in [0.4, 0.5) is 5.82 Å². The number of thioether (sulfide) groups is 1. The quantitative estimate of drug-likeness (QED) is 0.339. The van der Waals surface area contributed by atoms with Gasteiger partial charge in [0, 0.05) is 44.8 Å². The Morgan fingerprint density at radius 3 is 2.42 bits per heavy atom. The van der Waals surface area contributed by atoms with Crippen molar-refractivity contribution in [3.05, 3.63) is 67.8 Å². The van der Waals surface area contributed by atoms with Gasteiger partial charge in [-0.3, -0.25) is 19.1 Å². The van der Waals surface area contributed by atoms with Crippen molar-refractivity contribution < 1.29 is 4.79 Å². The van der Waals surface area contributed by atoms with E-state index in [-0.39, 0.29) is 17.0 Å². The van der Waals surface area contributed by atoms with Crippen LogP contribution in [-0.2, 0) is 17.8 Å². The van der Waals surface area contributed by atoms with Gasteiger partial charge in [-0.2, -0.15) is 5.26 Å². The Labute approximate surface area is 234 Å². The molecule has 0 N–H and O–H groups in total. The molecular formula is C29H35N5O2S2. The van der Waals surface area contributed by atoms with Gasteiger partial charge in [0.05, 0.1) is 4.91 Å². The van der Waals surface area contributed by atoms with Gasteiger partial charge in [-0.05, 0) is 43.5 Å². The Kier molecular flexibility index (Phi) is 9.42. The van der Waals surface area contributed by atoms with Crippen molar-refractivity contribution in [1.82, 2.24) is 14.4 Å². The lowest BCUT2D eigenvalue weighted by Crippen LogP contribution is -2.48. The summed E-state index contributed by atoms with van der Waals surface area (Å²) in [6.07, 6.45) is 4.34. The summed E-state index contributed by atoms with van der Waals surface area (Å²) in [6.45, 7) is 11.5. The van der Waals surface area contributed by atoms with Crippen LogP contribution in [0, 0.1) is 18.3 Å². The molecule has 1 aromatic carbocycles. The van der Waals surface area contributed by atoms with E-state index in [1.807, 2.05) is 43.3 Å². The van der Waals surface area contributed by atoms with Crippen molar-refractivity contribution in [2.75, 3.05) is 44.2 Å². The predicted octanol–water partition coefficient (Wildman–Crippen LogP) is 4.41. The van der Waals surface area contributed by atoms with Gasteiger partial charge in [0.25, 0.3) is 11.5 Å². The number of hydrogen-bond acceptors (Lipinski definition) is 7. The molecule has 7 nitrogen and oxygen atoms in total. The minimum absolute atomic E-state index is 0.123. The van der Waals surface area contributed by atoms with Crippen LogP contribution in [0.15, 0.2) is 40.0 Å². The van der Waals surface area contributed by atoms with Crippen LogP contribution in [0.5, 0.6) is 0 Å². The van der Waals surface area contributed by atoms with Crippen molar-refractivity contribution in [2.45, 2.75) is 46.6 Å². The Balaban J connectivity index is 1.75. The number of thiocarbonyl (C=S) groups is 1. The number of likely N-dealkylation sites (N-methyl/N-ethyl adjacent to an activating group) is 1. The van der Waals surface area contributed by atoms with Crippen LogP contribution in [0.3, 0.4) is 0 Å². The molecule has 2 fully saturated rings. The lowest BCUT2D eigenvalue weighted by Gasteiger charge is -2.37. The zero-order chi connectivity index (χ0) is 27.2. The molecule has 3 heterocycles. The lowest BCUT2D eigenvalue weighted by molar-refractivity contribution is -0.122. The summed E-state index contributed by atoms with van der Waals surface area (Å²) in [7, 11) is 0. The second-order valence-corrected chi connectivity index (χ2v) is 11.3. The van der Waals surface area contributed by atoms with Gasteiger partial charge in [0.15, 0.2) is 0 Å². The number of anilines is 1. The molecule has 2 aliphatic heterocycles. The maximum atomic E-state index is 13.5. The maximum Gasteiger partial charge on any atom is 0.270 e. The standard InChI is InChI=1S/C29H35N5O2S2/c1-4-6-13-33-26(32-17-15-31(5-2)16-18-32)23(21(3)24(20-30)27(33)35)19-25-28(36)34(29(37)38-25)14-12-22-10-8-7-9-11-22/h7-11,19H,4-6,12-18H2,1-3H3/b25-19+. The van der Waals surface area contributed by atoms with Crippen molar-refractivity contribution in [3.63, 3.8) is 0 Å². The number of carbonyl (C=O) groups excluding carboxylic acids is 1. The first-order chi connectivity index (χ1) is 18.4. The summed E-state index contributed by atoms with van der Waals surface area (Å²) in [5.74, 6) is 0.687. The van der Waals surface area contributed by atoms with Gasteiger partial charge in [-0.15, -0.1) is 0 Å². The van der Waals surface area contributed by atoms with E-state index in [9.17, 15) is 14.9 Å². The molecule has 38 heavy (non-hydrogen) atoms. The molecule has 0 spiro atoms. The van der Waals surface area contributed by atoms with E-state index < -0.39 is 0 Å². The fourth-order valence-corrected chi connectivity index (χ4v) is 6.28. The number of aromatic nitrogens is 1. The highest BCUT2D eigenvalue weighted by molar-refractivity contribution is 8.26. The van der Waals surface area contributed by atoms with E-state index >= 15 is 0 Å². The van der Waals surface area contributed by atoms with Gasteiger partial charge >= 0.3 is 0 Å². The van der Waals surface area contributed by atoms with Crippen LogP contribution in [-0.4, -0.2) is 63.9 Å². The number of unbranched alkanes of at least 4 members (excludes halogenated alkanes) is 1. The van der Waals surface area contributed by atoms with Gasteiger partial charge in [0.1, 0.15) is 21.8 Å². The third kappa shape index (κ3) is 5.88. The third-order valence-electron chi connectivity index (χ3n) is 7.32. The molecule has 0 aliphatic carbocycles. The van der Waals surface area contributed by atoms with Crippen LogP contribution >= 0.6 is 24.0 Å². The monoisotopic (exact) mass is 549 g/mol. The number of nitrogens with zero attached hydrogens (tertiary/aromatic N) is 5. The van der Waals surface area contributed by atoms with Crippen molar-refractivity contribution >= 4 is 46.1 Å². The molecule has 200 valence electrons. The van der Waals surface area contributed by atoms with Crippen LogP contribution in [0.2, 0.25) is 0 Å². The van der Waals surface area contributed by atoms with E-state index in [0.717, 1.165) is 62.5 Å². The molecule has 1 aromatic heterocycles. The Bertz CT molecular complexity index is 1320. The zero-order valence-corrected chi connectivity index (χ0v) is 24.0. The number of piperazine rings is 1. The molecule has 2 aromatic rings. The first-order valence-electron chi connectivity index (χ1n) is 13.3. The highest BCUT2D eigenvalue weighted by Crippen LogP contribution is 2.36. The van der Waals surface area contributed by atoms with Gasteiger partial charge in [0.2, 0.25) is 0 Å². The molecule has 2 saturated heterocycles. The average Bonchev–Trinajstić information content (AvgIpc) is 3.20. The topological polar surface area (TPSA) is 72.6 Å². The molecule has 0 atom stereocenters. The first kappa shape index (κ1) is 28.1. The third-order valence-corrected chi connectivity index (χ3v) is 8.69. The molecule has 4 rings (SSSR count). The second-order valence-electron chi connectivity index (χ2n) is 9.65. The number of benzene rings is 1. The number of carbonyl (C=O) groups is 1. The molecule has 0 radical (unpaired) electrons. The Hall–Kier alpha value is -2.93. The fourth-order valence-electron chi connectivity index (χ4n) is 4.99. The van der Waals surface area contributed by atoms with Gasteiger partial charge < -0.3 is 9.80 Å². The molecule has 0 unspecified atom stereocenters. The molecule has 1 amide bonds. The maximum absolute atomic E-state index is 13.5. The number of rotatable bonds is 9. The summed E-state index contributed by atoms with van der Waals surface area (Å²) >= 11 is 6.89. The minimum Gasteiger partial charge on any atom is -0.355 e. The smallest absolute Gasteiger partial charge is 0.270 e. The number of hydrogen-bond donors (Lipinski definition) is 0. The molecular weight excluding hydrogens is 514 g/mol. The molecule has 0 bridgehead atoms. The summed E-state index contributed by atoms with van der Waals surface area (Å²) < 4.78 is 2.30. The van der Waals surface area contributed by atoms with Gasteiger partial charge in [-0.25, -0.2) is 0 Å². The summed E-state index contributed by atoms with van der Waals surface area (Å²) in [5, 5.41) is 9.91. The number of nitriles is 1. The lowest BCUT2D eigenvalue weighted by atomic mass is 10.0. The molecule has 0 saturated carbocycles. The molecule has 9 heteroatoms. The van der Waals surface area contributed by atoms with Crippen LogP contribution in [0.1, 0.15) is 48.9 Å². The first-order valence-corrected chi connectivity index (χ1v) is 14.6. The fraction of sp³-hybridized carbons (Fsp3) is 0.448. The van der Waals surface area contributed by atoms with Crippen molar-refractivity contribution in [3.8, 4) is 6.07 Å². The summed E-state index contributed by atoms with van der Waals surface area (Å²) in [6, 6.07) is 12.2. The normalized spacial score (nSPS) is 17.5. The Morgan fingerprint density at radius 1 is 1.08 bits per heavy atom. The van der Waals surface area contributed by atoms with Crippen LogP contribution < -0.4 is 10.5 Å². The second kappa shape index (κ2) is 12.7. The minimum atomic E-state index is -0.251. The Morgan fingerprint density at radius 2 is 1.79 bits per heavy atom. The van der Waals surface area contributed by atoms with Gasteiger partial charge in [-0.1, -0.05) is 74.6 Å². The van der Waals surface area contributed by atoms with Crippen LogP contribution in [0.25, 0.3) is 6.08 Å². The SMILES string of the molecule is CCCCn1c(N2CCN(CC)CC2)c(/C=C2/SC(=S)N(CCc3ccccc3)C2=O)c(C)c(C#N)c1=O. The molecule has 2 aliphatic rings. The predicted molar refractivity (Wildman–Crippen MR) is 159 cm³/mol. The van der Waals surface area contributed by atoms with E-state index in [2.05, 4.69) is 29.7 Å². The highest BCUT2D eigenvalue weighted by Gasteiger charge is 2.33. The largest absolute Gasteiger partial charge is 0.355 e. The average molecular weight is 550 g/mol. The number of amides is 1. The zero-order valence-electron chi connectivity index (χ0n) is 22.4. The van der Waals surface area contributed by atoms with E-state index in [1.54, 1.807) is 9.47 Å². The van der Waals surface area contributed by atoms with E-state index in [1.165, 1.54) is 11.8 Å². The van der Waals surface area contributed by atoms with Crippen molar-refractivity contribution in [2.24, 2.45) is 0 Å². The summed E-state index contributed by atoms with van der Waals surface area (Å²) in [4.78, 5) is 33.8. The van der Waals surface area contributed by atoms with E-state index in [4.69, 9.17) is 12.2 Å².